The molecule has 0 unspecified atom stereocenters. The quantitative estimate of drug-likeness (QED) is 0.477. The highest BCUT2D eigenvalue weighted by Crippen LogP contribution is 2.29. The van der Waals surface area contributed by atoms with Gasteiger partial charge < -0.3 is 10.6 Å². The van der Waals surface area contributed by atoms with Gasteiger partial charge in [0.15, 0.2) is 0 Å². The third-order valence-electron chi connectivity index (χ3n) is 2.84. The van der Waals surface area contributed by atoms with Gasteiger partial charge in [0, 0.05) is 29.5 Å². The Morgan fingerprint density at radius 1 is 1.42 bits per heavy atom. The number of nitrogens with one attached hydrogen (secondary N) is 2. The first kappa shape index (κ1) is 13.8. The molecule has 1 fully saturated rings. The van der Waals surface area contributed by atoms with Crippen LogP contribution in [0.5, 0.6) is 0 Å². The number of nitro benzene ring substituents is 1. The van der Waals surface area contributed by atoms with Crippen LogP contribution in [-0.4, -0.2) is 23.9 Å². The summed E-state index contributed by atoms with van der Waals surface area (Å²) in [4.78, 5) is 21.8. The van der Waals surface area contributed by atoms with E-state index in [2.05, 4.69) is 26.6 Å². The smallest absolute Gasteiger partial charge is 0.292 e. The first-order chi connectivity index (χ1) is 9.08. The van der Waals surface area contributed by atoms with Gasteiger partial charge in [-0.25, -0.2) is 0 Å². The maximum absolute atomic E-state index is 11.4. The van der Waals surface area contributed by atoms with Crippen LogP contribution in [0.2, 0.25) is 0 Å². The van der Waals surface area contributed by atoms with Crippen LogP contribution in [0.3, 0.4) is 0 Å². The molecule has 19 heavy (non-hydrogen) atoms. The summed E-state index contributed by atoms with van der Waals surface area (Å²) in [5.41, 5.74) is 0.469. The molecular weight excluding hydrogens is 314 g/mol. The SMILES string of the molecule is O=C(NCCNc1cc(Br)ccc1[N+](=O)[O-])C1CC1. The molecule has 1 aliphatic rings. The zero-order valence-corrected chi connectivity index (χ0v) is 11.8. The Hall–Kier alpha value is -1.63. The second-order valence-corrected chi connectivity index (χ2v) is 5.33. The molecule has 0 heterocycles. The molecule has 0 atom stereocenters. The molecule has 1 aromatic carbocycles. The Labute approximate surface area is 118 Å². The van der Waals surface area contributed by atoms with Crippen LogP contribution >= 0.6 is 15.9 Å². The molecule has 0 saturated heterocycles. The molecule has 102 valence electrons. The molecule has 0 bridgehead atoms. The summed E-state index contributed by atoms with van der Waals surface area (Å²) < 4.78 is 0.766. The Bertz CT molecular complexity index is 503. The van der Waals surface area contributed by atoms with Crippen LogP contribution in [0.4, 0.5) is 11.4 Å². The van der Waals surface area contributed by atoms with Crippen molar-refractivity contribution < 1.29 is 9.72 Å². The third-order valence-corrected chi connectivity index (χ3v) is 3.34. The summed E-state index contributed by atoms with van der Waals surface area (Å²) in [5, 5.41) is 16.6. The van der Waals surface area contributed by atoms with Crippen molar-refractivity contribution in [1.82, 2.24) is 5.32 Å². The molecule has 1 aliphatic carbocycles. The maximum atomic E-state index is 11.4. The Morgan fingerprint density at radius 2 is 2.16 bits per heavy atom. The summed E-state index contributed by atoms with van der Waals surface area (Å²) >= 11 is 3.27. The van der Waals surface area contributed by atoms with Gasteiger partial charge in [-0.2, -0.15) is 0 Å². The van der Waals surface area contributed by atoms with E-state index in [1.807, 2.05) is 0 Å². The van der Waals surface area contributed by atoms with E-state index in [9.17, 15) is 14.9 Å². The monoisotopic (exact) mass is 327 g/mol. The molecule has 1 saturated carbocycles. The van der Waals surface area contributed by atoms with Gasteiger partial charge in [0.1, 0.15) is 5.69 Å². The average Bonchev–Trinajstić information content (AvgIpc) is 3.18. The second kappa shape index (κ2) is 6.01. The number of nitro groups is 1. The van der Waals surface area contributed by atoms with Gasteiger partial charge in [-0.3, -0.25) is 14.9 Å². The number of hydrogen-bond donors (Lipinski definition) is 2. The zero-order valence-electron chi connectivity index (χ0n) is 10.2. The molecule has 2 N–H and O–H groups in total. The van der Waals surface area contributed by atoms with Crippen LogP contribution in [0, 0.1) is 16.0 Å². The maximum Gasteiger partial charge on any atom is 0.292 e. The lowest BCUT2D eigenvalue weighted by Gasteiger charge is -2.08. The highest BCUT2D eigenvalue weighted by Gasteiger charge is 2.29. The number of carbonyl (C=O) groups is 1. The number of nitrogens with zero attached hydrogens (tertiary/aromatic N) is 1. The largest absolute Gasteiger partial charge is 0.378 e. The van der Waals surface area contributed by atoms with Crippen molar-refractivity contribution in [3.8, 4) is 0 Å². The normalized spacial score (nSPS) is 13.9. The van der Waals surface area contributed by atoms with Gasteiger partial charge in [0.2, 0.25) is 5.91 Å². The summed E-state index contributed by atoms with van der Waals surface area (Å²) in [6.45, 7) is 0.911. The van der Waals surface area contributed by atoms with Gasteiger partial charge in [0.05, 0.1) is 4.92 Å². The number of carbonyl (C=O) groups excluding carboxylic acids is 1. The van der Waals surface area contributed by atoms with Crippen molar-refractivity contribution in [2.24, 2.45) is 5.92 Å². The Balaban J connectivity index is 1.85. The van der Waals surface area contributed by atoms with E-state index in [0.29, 0.717) is 18.8 Å². The molecule has 0 spiro atoms. The first-order valence-electron chi connectivity index (χ1n) is 6.03. The number of rotatable bonds is 6. The van der Waals surface area contributed by atoms with E-state index < -0.39 is 4.92 Å². The van der Waals surface area contributed by atoms with Crippen molar-refractivity contribution in [3.63, 3.8) is 0 Å². The fourth-order valence-corrected chi connectivity index (χ4v) is 2.04. The van der Waals surface area contributed by atoms with E-state index in [1.54, 1.807) is 12.1 Å². The van der Waals surface area contributed by atoms with Crippen LogP contribution in [0.15, 0.2) is 22.7 Å². The van der Waals surface area contributed by atoms with Crippen molar-refractivity contribution in [3.05, 3.63) is 32.8 Å². The fraction of sp³-hybridized carbons (Fsp3) is 0.417. The summed E-state index contributed by atoms with van der Waals surface area (Å²) in [6, 6.07) is 4.72. The summed E-state index contributed by atoms with van der Waals surface area (Å²) in [6.07, 6.45) is 1.94. The molecule has 0 aromatic heterocycles. The molecule has 6 nitrogen and oxygen atoms in total. The lowest BCUT2D eigenvalue weighted by Crippen LogP contribution is -2.29. The molecule has 0 radical (unpaired) electrons. The minimum Gasteiger partial charge on any atom is -0.378 e. The van der Waals surface area contributed by atoms with Crippen molar-refractivity contribution in [1.29, 1.82) is 0 Å². The van der Waals surface area contributed by atoms with E-state index in [1.165, 1.54) is 6.07 Å². The van der Waals surface area contributed by atoms with Crippen LogP contribution < -0.4 is 10.6 Å². The highest BCUT2D eigenvalue weighted by molar-refractivity contribution is 9.10. The van der Waals surface area contributed by atoms with Crippen molar-refractivity contribution in [2.75, 3.05) is 18.4 Å². The Kier molecular flexibility index (Phi) is 4.36. The van der Waals surface area contributed by atoms with Crippen LogP contribution in [0.25, 0.3) is 0 Å². The highest BCUT2D eigenvalue weighted by atomic mass is 79.9. The summed E-state index contributed by atoms with van der Waals surface area (Å²) in [5.74, 6) is 0.255. The fourth-order valence-electron chi connectivity index (χ4n) is 1.68. The molecule has 2 rings (SSSR count). The number of anilines is 1. The number of amides is 1. The lowest BCUT2D eigenvalue weighted by molar-refractivity contribution is -0.384. The van der Waals surface area contributed by atoms with Crippen molar-refractivity contribution >= 4 is 33.2 Å². The van der Waals surface area contributed by atoms with E-state index in [-0.39, 0.29) is 17.5 Å². The number of benzene rings is 1. The zero-order chi connectivity index (χ0) is 13.8. The van der Waals surface area contributed by atoms with Crippen molar-refractivity contribution in [2.45, 2.75) is 12.8 Å². The van der Waals surface area contributed by atoms with Gasteiger partial charge >= 0.3 is 0 Å². The minimum absolute atomic E-state index is 0.0247. The molecule has 7 heteroatoms. The van der Waals surface area contributed by atoms with Gasteiger partial charge in [-0.05, 0) is 25.0 Å². The van der Waals surface area contributed by atoms with Gasteiger partial charge in [0.25, 0.3) is 5.69 Å². The topological polar surface area (TPSA) is 84.3 Å². The van der Waals surface area contributed by atoms with Crippen LogP contribution in [0.1, 0.15) is 12.8 Å². The van der Waals surface area contributed by atoms with E-state index in [4.69, 9.17) is 0 Å². The van der Waals surface area contributed by atoms with E-state index >= 15 is 0 Å². The molecular formula is C12H14BrN3O3. The summed E-state index contributed by atoms with van der Waals surface area (Å²) in [7, 11) is 0. The second-order valence-electron chi connectivity index (χ2n) is 4.41. The molecule has 1 aromatic rings. The standard InChI is InChI=1S/C12H14BrN3O3/c13-9-3-4-11(16(18)19)10(7-9)14-5-6-15-12(17)8-1-2-8/h3-4,7-8,14H,1-2,5-6H2,(H,15,17). The van der Waals surface area contributed by atoms with E-state index in [0.717, 1.165) is 17.3 Å². The number of hydrogen-bond acceptors (Lipinski definition) is 4. The minimum atomic E-state index is -0.433. The Morgan fingerprint density at radius 3 is 2.79 bits per heavy atom. The molecule has 1 amide bonds. The third kappa shape index (κ3) is 3.92. The van der Waals surface area contributed by atoms with Gasteiger partial charge in [-0.15, -0.1) is 0 Å². The predicted molar refractivity (Wildman–Crippen MR) is 75.0 cm³/mol. The predicted octanol–water partition coefficient (Wildman–Crippen LogP) is 2.30. The molecule has 0 aliphatic heterocycles. The van der Waals surface area contributed by atoms with Crippen LogP contribution in [-0.2, 0) is 4.79 Å². The van der Waals surface area contributed by atoms with Gasteiger partial charge in [-0.1, -0.05) is 15.9 Å². The lowest BCUT2D eigenvalue weighted by atomic mass is 10.2. The first-order valence-corrected chi connectivity index (χ1v) is 6.83. The average molecular weight is 328 g/mol. The number of halogens is 1.